The fourth-order valence-corrected chi connectivity index (χ4v) is 2.22. The van der Waals surface area contributed by atoms with Crippen LogP contribution in [0.15, 0.2) is 22.7 Å². The van der Waals surface area contributed by atoms with Gasteiger partial charge < -0.3 is 5.32 Å². The Hall–Kier alpha value is -1.46. The lowest BCUT2D eigenvalue weighted by molar-refractivity contribution is 0.112. The van der Waals surface area contributed by atoms with E-state index in [-0.39, 0.29) is 10.7 Å². The zero-order chi connectivity index (χ0) is 14.0. The van der Waals surface area contributed by atoms with Crippen LogP contribution in [0.2, 0.25) is 5.15 Å². The molecule has 0 aliphatic heterocycles. The highest BCUT2D eigenvalue weighted by Gasteiger charge is 2.12. The number of carbonyl (C=O) groups excluding carboxylic acids is 1. The van der Waals surface area contributed by atoms with Crippen LogP contribution in [-0.2, 0) is 0 Å². The van der Waals surface area contributed by atoms with Gasteiger partial charge in [-0.3, -0.25) is 4.79 Å². The van der Waals surface area contributed by atoms with Gasteiger partial charge in [-0.25, -0.2) is 9.97 Å². The third kappa shape index (κ3) is 3.11. The first-order chi connectivity index (χ1) is 9.01. The molecule has 98 valence electrons. The van der Waals surface area contributed by atoms with Gasteiger partial charge >= 0.3 is 0 Å². The molecular formula is C13H11BrClN3O. The average Bonchev–Trinajstić information content (AvgIpc) is 2.33. The summed E-state index contributed by atoms with van der Waals surface area (Å²) in [7, 11) is 0. The quantitative estimate of drug-likeness (QED) is 0.676. The number of carbonyl (C=O) groups is 1. The summed E-state index contributed by atoms with van der Waals surface area (Å²) in [5.74, 6) is 0.916. The molecule has 0 bridgehead atoms. The summed E-state index contributed by atoms with van der Waals surface area (Å²) in [6.07, 6.45) is 0.650. The van der Waals surface area contributed by atoms with E-state index < -0.39 is 0 Å². The van der Waals surface area contributed by atoms with Gasteiger partial charge in [-0.2, -0.15) is 0 Å². The Balaban J connectivity index is 2.48. The number of aldehydes is 1. The molecule has 19 heavy (non-hydrogen) atoms. The van der Waals surface area contributed by atoms with E-state index in [1.54, 1.807) is 6.92 Å². The summed E-state index contributed by atoms with van der Waals surface area (Å²) in [6.45, 7) is 3.68. The van der Waals surface area contributed by atoms with Gasteiger partial charge in [0.05, 0.1) is 5.56 Å². The number of nitrogens with zero attached hydrogens (tertiary/aromatic N) is 2. The van der Waals surface area contributed by atoms with Crippen LogP contribution in [0.1, 0.15) is 21.7 Å². The van der Waals surface area contributed by atoms with Crippen molar-refractivity contribution >= 4 is 45.3 Å². The summed E-state index contributed by atoms with van der Waals surface area (Å²) in [4.78, 5) is 19.3. The predicted octanol–water partition coefficient (Wildman–Crippen LogP) is 4.07. The molecule has 0 amide bonds. The third-order valence-electron chi connectivity index (χ3n) is 2.58. The van der Waals surface area contributed by atoms with Gasteiger partial charge in [0.15, 0.2) is 6.29 Å². The van der Waals surface area contributed by atoms with Crippen molar-refractivity contribution in [3.63, 3.8) is 0 Å². The normalized spacial score (nSPS) is 10.3. The number of aromatic nitrogens is 2. The van der Waals surface area contributed by atoms with Gasteiger partial charge in [0, 0.05) is 10.2 Å². The summed E-state index contributed by atoms with van der Waals surface area (Å²) in [6, 6.07) is 5.82. The Kier molecular flexibility index (Phi) is 4.17. The Labute approximate surface area is 124 Å². The van der Waals surface area contributed by atoms with Crippen molar-refractivity contribution in [1.82, 2.24) is 9.97 Å². The van der Waals surface area contributed by atoms with Gasteiger partial charge in [-0.05, 0) is 31.5 Å². The van der Waals surface area contributed by atoms with Crippen LogP contribution in [0.4, 0.5) is 11.5 Å². The topological polar surface area (TPSA) is 54.9 Å². The summed E-state index contributed by atoms with van der Waals surface area (Å²) >= 11 is 9.35. The van der Waals surface area contributed by atoms with Gasteiger partial charge in [0.1, 0.15) is 16.8 Å². The lowest BCUT2D eigenvalue weighted by Gasteiger charge is -2.12. The summed E-state index contributed by atoms with van der Waals surface area (Å²) in [5.41, 5.74) is 2.14. The number of aryl methyl sites for hydroxylation is 2. The zero-order valence-electron chi connectivity index (χ0n) is 10.4. The van der Waals surface area contributed by atoms with Crippen molar-refractivity contribution in [2.45, 2.75) is 13.8 Å². The van der Waals surface area contributed by atoms with E-state index in [2.05, 4.69) is 31.2 Å². The minimum absolute atomic E-state index is 0.151. The van der Waals surface area contributed by atoms with Crippen molar-refractivity contribution in [1.29, 1.82) is 0 Å². The average molecular weight is 341 g/mol. The highest BCUT2D eigenvalue weighted by Crippen LogP contribution is 2.27. The first-order valence-electron chi connectivity index (χ1n) is 5.53. The molecule has 2 rings (SSSR count). The number of benzene rings is 1. The van der Waals surface area contributed by atoms with Crippen LogP contribution in [0.5, 0.6) is 0 Å². The fourth-order valence-electron chi connectivity index (χ4n) is 1.60. The largest absolute Gasteiger partial charge is 0.339 e. The van der Waals surface area contributed by atoms with Crippen LogP contribution in [0, 0.1) is 13.8 Å². The van der Waals surface area contributed by atoms with E-state index in [1.165, 1.54) is 0 Å². The number of halogens is 2. The van der Waals surface area contributed by atoms with Crippen LogP contribution in [0.25, 0.3) is 0 Å². The standard InChI is InChI=1S/C13H11BrClN3O/c1-7-3-4-9(14)5-11(7)18-13-10(6-19)12(15)16-8(2)17-13/h3-6H,1-2H3,(H,16,17,18). The smallest absolute Gasteiger partial charge is 0.156 e. The van der Waals surface area contributed by atoms with Gasteiger partial charge in [-0.15, -0.1) is 0 Å². The summed E-state index contributed by atoms with van der Waals surface area (Å²) < 4.78 is 0.935. The molecule has 0 fully saturated rings. The van der Waals surface area contributed by atoms with Crippen LogP contribution < -0.4 is 5.32 Å². The fraction of sp³-hybridized carbons (Fsp3) is 0.154. The van der Waals surface area contributed by atoms with Crippen LogP contribution in [0.3, 0.4) is 0 Å². The third-order valence-corrected chi connectivity index (χ3v) is 3.36. The molecule has 6 heteroatoms. The van der Waals surface area contributed by atoms with E-state index in [0.29, 0.717) is 17.9 Å². The van der Waals surface area contributed by atoms with E-state index in [0.717, 1.165) is 15.7 Å². The van der Waals surface area contributed by atoms with E-state index in [1.807, 2.05) is 25.1 Å². The highest BCUT2D eigenvalue weighted by atomic mass is 79.9. The maximum atomic E-state index is 11.1. The SMILES string of the molecule is Cc1nc(Cl)c(C=O)c(Nc2cc(Br)ccc2C)n1. The number of rotatable bonds is 3. The molecule has 1 aromatic heterocycles. The van der Waals surface area contributed by atoms with Crippen LogP contribution >= 0.6 is 27.5 Å². The Morgan fingerprint density at radius 2 is 2.05 bits per heavy atom. The predicted molar refractivity (Wildman–Crippen MR) is 79.3 cm³/mol. The summed E-state index contributed by atoms with van der Waals surface area (Å²) in [5, 5.41) is 3.27. The van der Waals surface area contributed by atoms with Crippen molar-refractivity contribution in [2.24, 2.45) is 0 Å². The second-order valence-corrected chi connectivity index (χ2v) is 5.30. The van der Waals surface area contributed by atoms with Gasteiger partial charge in [0.2, 0.25) is 0 Å². The number of hydrogen-bond donors (Lipinski definition) is 1. The second-order valence-electron chi connectivity index (χ2n) is 4.03. The molecule has 0 saturated heterocycles. The van der Waals surface area contributed by atoms with Crippen molar-refractivity contribution in [3.05, 3.63) is 44.8 Å². The maximum absolute atomic E-state index is 11.1. The Bertz CT molecular complexity index is 646. The molecule has 2 aromatic rings. The molecule has 1 N–H and O–H groups in total. The molecule has 0 saturated carbocycles. The minimum Gasteiger partial charge on any atom is -0.339 e. The first kappa shape index (κ1) is 14.0. The highest BCUT2D eigenvalue weighted by molar-refractivity contribution is 9.10. The Morgan fingerprint density at radius 3 is 2.74 bits per heavy atom. The molecular weight excluding hydrogens is 330 g/mol. The van der Waals surface area contributed by atoms with E-state index >= 15 is 0 Å². The molecule has 0 unspecified atom stereocenters. The van der Waals surface area contributed by atoms with E-state index in [9.17, 15) is 4.79 Å². The number of nitrogens with one attached hydrogen (secondary N) is 1. The van der Waals surface area contributed by atoms with Crippen LogP contribution in [-0.4, -0.2) is 16.3 Å². The molecule has 1 heterocycles. The lowest BCUT2D eigenvalue weighted by atomic mass is 10.2. The first-order valence-corrected chi connectivity index (χ1v) is 6.71. The molecule has 0 radical (unpaired) electrons. The lowest BCUT2D eigenvalue weighted by Crippen LogP contribution is -2.04. The molecule has 0 aliphatic rings. The molecule has 1 aromatic carbocycles. The molecule has 0 spiro atoms. The maximum Gasteiger partial charge on any atom is 0.156 e. The van der Waals surface area contributed by atoms with Crippen molar-refractivity contribution in [3.8, 4) is 0 Å². The number of anilines is 2. The zero-order valence-corrected chi connectivity index (χ0v) is 12.7. The van der Waals surface area contributed by atoms with Crippen molar-refractivity contribution < 1.29 is 4.79 Å². The number of hydrogen-bond acceptors (Lipinski definition) is 4. The monoisotopic (exact) mass is 339 g/mol. The van der Waals surface area contributed by atoms with Gasteiger partial charge in [-0.1, -0.05) is 33.6 Å². The minimum atomic E-state index is 0.151. The molecule has 0 aliphatic carbocycles. The van der Waals surface area contributed by atoms with E-state index in [4.69, 9.17) is 11.6 Å². The second kappa shape index (κ2) is 5.67. The Morgan fingerprint density at radius 1 is 1.32 bits per heavy atom. The molecule has 0 atom stereocenters. The van der Waals surface area contributed by atoms with Gasteiger partial charge in [0.25, 0.3) is 0 Å². The molecule has 4 nitrogen and oxygen atoms in total. The van der Waals surface area contributed by atoms with Crippen molar-refractivity contribution in [2.75, 3.05) is 5.32 Å².